The van der Waals surface area contributed by atoms with Crippen LogP contribution in [0.2, 0.25) is 0 Å². The molecule has 0 aromatic heterocycles. The summed E-state index contributed by atoms with van der Waals surface area (Å²) in [5.41, 5.74) is 0. The van der Waals surface area contributed by atoms with Crippen molar-refractivity contribution in [1.82, 2.24) is 0 Å². The molecule has 0 heterocycles. The Morgan fingerprint density at radius 3 is 0.782 bits per heavy atom. The van der Waals surface area contributed by atoms with Gasteiger partial charge >= 0.3 is 39.5 Å². The number of aliphatic hydroxyl groups is 1. The molecule has 0 aromatic rings. The molecule has 0 fully saturated rings. The standard InChI is InChI=1S/C59H114O17P2/c1-5-9-13-16-19-22-25-28-31-34-37-41-43-56(61)69-49-54(75-58(63)45-39-12-8-4)51-73-77(65,66)71-47-53(60)48-72-78(67,68)74-52-55(50-70-57(62)44-40-36-33-30-27-24-21-18-15-11-7-3)76-59(64)46-42-38-35-32-29-26-23-20-17-14-10-6-2/h53-55,60H,5-52H2,1-4H3,(H,65,66)(H,67,68)/t53-,54+,55+/m0/s1. The van der Waals surface area contributed by atoms with Gasteiger partial charge in [0.1, 0.15) is 19.3 Å². The molecule has 0 bridgehead atoms. The maximum atomic E-state index is 12.9. The van der Waals surface area contributed by atoms with Gasteiger partial charge in [-0.3, -0.25) is 37.3 Å². The second-order valence-corrected chi connectivity index (χ2v) is 24.3. The topological polar surface area (TPSA) is 237 Å². The number of hydrogen-bond donors (Lipinski definition) is 3. The Balaban J connectivity index is 5.07. The van der Waals surface area contributed by atoms with Crippen LogP contribution in [0.5, 0.6) is 0 Å². The molecule has 0 aliphatic heterocycles. The van der Waals surface area contributed by atoms with Crippen LogP contribution in [0.3, 0.4) is 0 Å². The molecule has 78 heavy (non-hydrogen) atoms. The van der Waals surface area contributed by atoms with Crippen molar-refractivity contribution in [3.05, 3.63) is 0 Å². The number of unbranched alkanes of at least 4 members (excludes halogenated alkanes) is 34. The summed E-state index contributed by atoms with van der Waals surface area (Å²) in [6.45, 7) is 4.67. The Labute approximate surface area is 473 Å². The molecule has 462 valence electrons. The Morgan fingerprint density at radius 2 is 0.513 bits per heavy atom. The predicted octanol–water partition coefficient (Wildman–Crippen LogP) is 16.0. The third-order valence-corrected chi connectivity index (χ3v) is 15.5. The van der Waals surface area contributed by atoms with Crippen LogP contribution < -0.4 is 0 Å². The molecule has 19 heteroatoms. The van der Waals surface area contributed by atoms with Crippen molar-refractivity contribution in [3.8, 4) is 0 Å². The maximum absolute atomic E-state index is 12.9. The lowest BCUT2D eigenvalue weighted by Crippen LogP contribution is -2.30. The molecule has 17 nitrogen and oxygen atoms in total. The van der Waals surface area contributed by atoms with Gasteiger partial charge < -0.3 is 33.8 Å². The molecule has 0 saturated carbocycles. The normalized spacial score (nSPS) is 14.3. The average molecular weight is 1160 g/mol. The first-order valence-corrected chi connectivity index (χ1v) is 34.3. The number of hydrogen-bond acceptors (Lipinski definition) is 15. The molecular formula is C59H114O17P2. The number of phosphoric ester groups is 2. The molecule has 0 aliphatic rings. The summed E-state index contributed by atoms with van der Waals surface area (Å²) in [7, 11) is -9.86. The van der Waals surface area contributed by atoms with E-state index in [1.54, 1.807) is 0 Å². The van der Waals surface area contributed by atoms with Crippen molar-refractivity contribution >= 4 is 39.5 Å². The molecule has 0 aromatic carbocycles. The van der Waals surface area contributed by atoms with Crippen LogP contribution in [0.4, 0.5) is 0 Å². The quantitative estimate of drug-likeness (QED) is 0.0222. The van der Waals surface area contributed by atoms with Crippen LogP contribution >= 0.6 is 15.6 Å². The van der Waals surface area contributed by atoms with Gasteiger partial charge in [0.2, 0.25) is 0 Å². The minimum atomic E-state index is -4.93. The zero-order valence-corrected chi connectivity index (χ0v) is 51.4. The van der Waals surface area contributed by atoms with Crippen LogP contribution in [0.1, 0.15) is 297 Å². The summed E-state index contributed by atoms with van der Waals surface area (Å²) in [5.74, 6) is -2.16. The highest BCUT2D eigenvalue weighted by molar-refractivity contribution is 7.47. The third kappa shape index (κ3) is 53.4. The largest absolute Gasteiger partial charge is 0.472 e. The number of carbonyl (C=O) groups is 4. The van der Waals surface area contributed by atoms with Crippen molar-refractivity contribution in [2.24, 2.45) is 0 Å². The van der Waals surface area contributed by atoms with E-state index in [0.29, 0.717) is 25.7 Å². The molecule has 0 amide bonds. The Bertz CT molecular complexity index is 1520. The molecule has 0 rings (SSSR count). The van der Waals surface area contributed by atoms with Gasteiger partial charge in [0.25, 0.3) is 0 Å². The highest BCUT2D eigenvalue weighted by Gasteiger charge is 2.30. The number of rotatable bonds is 60. The van der Waals surface area contributed by atoms with Gasteiger partial charge in [-0.2, -0.15) is 0 Å². The summed E-state index contributed by atoms with van der Waals surface area (Å²) in [6.07, 6.45) is 38.3. The fourth-order valence-corrected chi connectivity index (χ4v) is 10.3. The number of ether oxygens (including phenoxy) is 4. The number of carbonyl (C=O) groups excluding carboxylic acids is 4. The lowest BCUT2D eigenvalue weighted by atomic mass is 10.0. The zero-order valence-electron chi connectivity index (χ0n) is 49.6. The second-order valence-electron chi connectivity index (χ2n) is 21.4. The predicted molar refractivity (Wildman–Crippen MR) is 308 cm³/mol. The van der Waals surface area contributed by atoms with E-state index >= 15 is 0 Å². The van der Waals surface area contributed by atoms with E-state index in [9.17, 15) is 43.2 Å². The molecule has 5 atom stereocenters. The zero-order chi connectivity index (χ0) is 57.6. The van der Waals surface area contributed by atoms with E-state index in [1.807, 2.05) is 6.92 Å². The van der Waals surface area contributed by atoms with Crippen molar-refractivity contribution in [2.75, 3.05) is 39.6 Å². The average Bonchev–Trinajstić information content (AvgIpc) is 3.41. The second kappa shape index (κ2) is 54.3. The molecule has 0 saturated heterocycles. The van der Waals surface area contributed by atoms with Crippen molar-refractivity contribution in [1.29, 1.82) is 0 Å². The summed E-state index contributed by atoms with van der Waals surface area (Å²) >= 11 is 0. The van der Waals surface area contributed by atoms with Crippen LogP contribution in [-0.4, -0.2) is 96.7 Å². The SMILES string of the molecule is CCCCCCCCCCCCCCC(=O)OC[C@H](COP(=O)(O)OC[C@H](O)COP(=O)(O)OC[C@@H](COC(=O)CCCCCCCCCCCCC)OC(=O)CCCCCCCCCCCCCC)OC(=O)CCCCC. The maximum Gasteiger partial charge on any atom is 0.472 e. The molecule has 0 aliphatic carbocycles. The van der Waals surface area contributed by atoms with Crippen molar-refractivity contribution in [3.63, 3.8) is 0 Å². The lowest BCUT2D eigenvalue weighted by Gasteiger charge is -2.21. The van der Waals surface area contributed by atoms with Crippen molar-refractivity contribution < 1.29 is 80.2 Å². The fraction of sp³-hybridized carbons (Fsp3) is 0.932. The molecule has 3 N–H and O–H groups in total. The van der Waals surface area contributed by atoms with Gasteiger partial charge in [-0.15, -0.1) is 0 Å². The third-order valence-electron chi connectivity index (χ3n) is 13.6. The van der Waals surface area contributed by atoms with Gasteiger partial charge in [-0.25, -0.2) is 9.13 Å². The Kier molecular flexibility index (Phi) is 53.0. The molecular weight excluding hydrogens is 1040 g/mol. The van der Waals surface area contributed by atoms with Gasteiger partial charge in [-0.05, 0) is 25.7 Å². The molecule has 2 unspecified atom stereocenters. The highest BCUT2D eigenvalue weighted by atomic mass is 31.2. The van der Waals surface area contributed by atoms with E-state index < -0.39 is 97.5 Å². The summed E-state index contributed by atoms with van der Waals surface area (Å²) in [6, 6.07) is 0. The van der Waals surface area contributed by atoms with E-state index in [0.717, 1.165) is 77.0 Å². The van der Waals surface area contributed by atoms with Crippen LogP contribution in [-0.2, 0) is 65.4 Å². The number of esters is 4. The minimum Gasteiger partial charge on any atom is -0.462 e. The summed E-state index contributed by atoms with van der Waals surface area (Å²) in [4.78, 5) is 71.5. The Morgan fingerprint density at radius 1 is 0.308 bits per heavy atom. The van der Waals surface area contributed by atoms with E-state index in [2.05, 4.69) is 20.8 Å². The lowest BCUT2D eigenvalue weighted by molar-refractivity contribution is -0.161. The fourth-order valence-electron chi connectivity index (χ4n) is 8.75. The molecule has 0 radical (unpaired) electrons. The summed E-state index contributed by atoms with van der Waals surface area (Å²) < 4.78 is 67.4. The first-order valence-electron chi connectivity index (χ1n) is 31.3. The van der Waals surface area contributed by atoms with Crippen LogP contribution in [0.15, 0.2) is 0 Å². The first kappa shape index (κ1) is 76.1. The van der Waals surface area contributed by atoms with E-state index in [1.165, 1.54) is 141 Å². The summed E-state index contributed by atoms with van der Waals surface area (Å²) in [5, 5.41) is 10.5. The Hall–Kier alpha value is -1.94. The highest BCUT2D eigenvalue weighted by Crippen LogP contribution is 2.45. The number of phosphoric acid groups is 2. The number of aliphatic hydroxyl groups excluding tert-OH is 1. The minimum absolute atomic E-state index is 0.0906. The van der Waals surface area contributed by atoms with Gasteiger partial charge in [0, 0.05) is 25.7 Å². The van der Waals surface area contributed by atoms with Crippen LogP contribution in [0, 0.1) is 0 Å². The van der Waals surface area contributed by atoms with Gasteiger partial charge in [-0.1, -0.05) is 246 Å². The van der Waals surface area contributed by atoms with E-state index in [-0.39, 0.29) is 25.7 Å². The molecule has 0 spiro atoms. The smallest absolute Gasteiger partial charge is 0.462 e. The first-order chi connectivity index (χ1) is 37.7. The monoisotopic (exact) mass is 1160 g/mol. The van der Waals surface area contributed by atoms with Gasteiger partial charge in [0.05, 0.1) is 26.4 Å². The van der Waals surface area contributed by atoms with Crippen molar-refractivity contribution in [2.45, 2.75) is 316 Å². The van der Waals surface area contributed by atoms with Gasteiger partial charge in [0.15, 0.2) is 12.2 Å². The van der Waals surface area contributed by atoms with E-state index in [4.69, 9.17) is 37.0 Å². The van der Waals surface area contributed by atoms with Crippen LogP contribution in [0.25, 0.3) is 0 Å².